The van der Waals surface area contributed by atoms with E-state index in [4.69, 9.17) is 4.74 Å². The Bertz CT molecular complexity index is 278. The summed E-state index contributed by atoms with van der Waals surface area (Å²) in [6.07, 6.45) is 3.23. The maximum absolute atomic E-state index is 9.58. The van der Waals surface area contributed by atoms with E-state index in [1.165, 1.54) is 0 Å². The first-order valence-electron chi connectivity index (χ1n) is 5.57. The summed E-state index contributed by atoms with van der Waals surface area (Å²) >= 11 is 0. The number of nitrogens with one attached hydrogen (secondary N) is 1. The first-order chi connectivity index (χ1) is 7.68. The van der Waals surface area contributed by atoms with Gasteiger partial charge in [0.15, 0.2) is 0 Å². The molecule has 2 N–H and O–H groups in total. The van der Waals surface area contributed by atoms with E-state index in [1.54, 1.807) is 12.4 Å². The summed E-state index contributed by atoms with van der Waals surface area (Å²) < 4.78 is 5.31. The maximum Gasteiger partial charge on any atom is 0.0897 e. The third kappa shape index (κ3) is 5.80. The van der Waals surface area contributed by atoms with Gasteiger partial charge in [-0.2, -0.15) is 0 Å². The molecule has 0 saturated carbocycles. The SMILES string of the molecule is CC(C)OCC(O)CNCc1ccncc1. The van der Waals surface area contributed by atoms with Gasteiger partial charge in [0, 0.05) is 25.5 Å². The number of hydrogen-bond acceptors (Lipinski definition) is 4. The topological polar surface area (TPSA) is 54.4 Å². The molecule has 1 heterocycles. The molecule has 0 fully saturated rings. The molecule has 0 bridgehead atoms. The molecule has 0 aliphatic rings. The third-order valence-electron chi connectivity index (χ3n) is 2.08. The fraction of sp³-hybridized carbons (Fsp3) is 0.583. The summed E-state index contributed by atoms with van der Waals surface area (Å²) in [6.45, 7) is 5.56. The molecule has 4 nitrogen and oxygen atoms in total. The second kappa shape index (κ2) is 7.33. The van der Waals surface area contributed by atoms with Crippen molar-refractivity contribution in [3.05, 3.63) is 30.1 Å². The molecular formula is C12H20N2O2. The average molecular weight is 224 g/mol. The molecule has 4 heteroatoms. The fourth-order valence-corrected chi connectivity index (χ4v) is 1.25. The van der Waals surface area contributed by atoms with Crippen molar-refractivity contribution in [2.24, 2.45) is 0 Å². The highest BCUT2D eigenvalue weighted by atomic mass is 16.5. The van der Waals surface area contributed by atoms with Crippen LogP contribution in [0.5, 0.6) is 0 Å². The van der Waals surface area contributed by atoms with Gasteiger partial charge in [-0.1, -0.05) is 0 Å². The molecule has 0 saturated heterocycles. The molecule has 0 aromatic carbocycles. The fourth-order valence-electron chi connectivity index (χ4n) is 1.25. The van der Waals surface area contributed by atoms with Crippen molar-refractivity contribution >= 4 is 0 Å². The Labute approximate surface area is 96.7 Å². The van der Waals surface area contributed by atoms with E-state index in [1.807, 2.05) is 26.0 Å². The molecular weight excluding hydrogens is 204 g/mol. The highest BCUT2D eigenvalue weighted by Crippen LogP contribution is 1.95. The molecule has 1 rings (SSSR count). The lowest BCUT2D eigenvalue weighted by molar-refractivity contribution is 0.00630. The second-order valence-electron chi connectivity index (χ2n) is 4.02. The number of aliphatic hydroxyl groups is 1. The van der Waals surface area contributed by atoms with Gasteiger partial charge in [0.1, 0.15) is 0 Å². The number of aliphatic hydroxyl groups excluding tert-OH is 1. The van der Waals surface area contributed by atoms with Crippen LogP contribution in [-0.4, -0.2) is 35.5 Å². The Balaban J connectivity index is 2.11. The Morgan fingerprint density at radius 3 is 2.69 bits per heavy atom. The Hall–Kier alpha value is -0.970. The minimum absolute atomic E-state index is 0.162. The van der Waals surface area contributed by atoms with Gasteiger partial charge in [0.25, 0.3) is 0 Å². The molecule has 0 aliphatic carbocycles. The molecule has 1 aromatic rings. The molecule has 16 heavy (non-hydrogen) atoms. The van der Waals surface area contributed by atoms with E-state index >= 15 is 0 Å². The molecule has 0 aliphatic heterocycles. The van der Waals surface area contributed by atoms with E-state index in [-0.39, 0.29) is 6.10 Å². The highest BCUT2D eigenvalue weighted by molar-refractivity contribution is 5.08. The van der Waals surface area contributed by atoms with Crippen LogP contribution in [0.4, 0.5) is 0 Å². The van der Waals surface area contributed by atoms with E-state index < -0.39 is 6.10 Å². The van der Waals surface area contributed by atoms with Crippen molar-refractivity contribution in [3.8, 4) is 0 Å². The standard InChI is InChI=1S/C12H20N2O2/c1-10(2)16-9-12(15)8-14-7-11-3-5-13-6-4-11/h3-6,10,12,14-15H,7-9H2,1-2H3. The van der Waals surface area contributed by atoms with E-state index in [0.29, 0.717) is 13.2 Å². The van der Waals surface area contributed by atoms with Gasteiger partial charge in [-0.15, -0.1) is 0 Å². The van der Waals surface area contributed by atoms with Crippen LogP contribution >= 0.6 is 0 Å². The Morgan fingerprint density at radius 1 is 1.38 bits per heavy atom. The van der Waals surface area contributed by atoms with Crippen molar-refractivity contribution in [1.29, 1.82) is 0 Å². The minimum Gasteiger partial charge on any atom is -0.389 e. The number of pyridine rings is 1. The van der Waals surface area contributed by atoms with E-state index in [9.17, 15) is 5.11 Å². The summed E-state index contributed by atoms with van der Waals surface area (Å²) in [4.78, 5) is 3.94. The van der Waals surface area contributed by atoms with Gasteiger partial charge in [-0.05, 0) is 31.5 Å². The lowest BCUT2D eigenvalue weighted by atomic mass is 10.2. The first-order valence-corrected chi connectivity index (χ1v) is 5.57. The smallest absolute Gasteiger partial charge is 0.0897 e. The molecule has 1 atom stereocenters. The van der Waals surface area contributed by atoms with Gasteiger partial charge in [-0.3, -0.25) is 4.98 Å². The summed E-state index contributed by atoms with van der Waals surface area (Å²) in [7, 11) is 0. The van der Waals surface area contributed by atoms with Crippen LogP contribution in [0.25, 0.3) is 0 Å². The van der Waals surface area contributed by atoms with Crippen LogP contribution in [0.3, 0.4) is 0 Å². The molecule has 1 unspecified atom stereocenters. The van der Waals surface area contributed by atoms with E-state index in [0.717, 1.165) is 12.1 Å². The predicted molar refractivity (Wildman–Crippen MR) is 63.0 cm³/mol. The molecule has 0 radical (unpaired) electrons. The quantitative estimate of drug-likeness (QED) is 0.724. The van der Waals surface area contributed by atoms with Crippen LogP contribution in [0.1, 0.15) is 19.4 Å². The predicted octanol–water partition coefficient (Wildman–Crippen LogP) is 0.957. The van der Waals surface area contributed by atoms with Crippen molar-refractivity contribution in [1.82, 2.24) is 10.3 Å². The van der Waals surface area contributed by atoms with Gasteiger partial charge in [0.05, 0.1) is 18.8 Å². The van der Waals surface area contributed by atoms with Gasteiger partial charge >= 0.3 is 0 Å². The van der Waals surface area contributed by atoms with Crippen molar-refractivity contribution in [3.63, 3.8) is 0 Å². The molecule has 1 aromatic heterocycles. The highest BCUT2D eigenvalue weighted by Gasteiger charge is 2.04. The number of rotatable bonds is 7. The molecule has 0 spiro atoms. The summed E-state index contributed by atoms with van der Waals surface area (Å²) in [5, 5.41) is 12.7. The Morgan fingerprint density at radius 2 is 2.06 bits per heavy atom. The Kier molecular flexibility index (Phi) is 6.00. The summed E-state index contributed by atoms with van der Waals surface area (Å²) in [6, 6.07) is 3.90. The van der Waals surface area contributed by atoms with Gasteiger partial charge in [-0.25, -0.2) is 0 Å². The largest absolute Gasteiger partial charge is 0.389 e. The van der Waals surface area contributed by atoms with Crippen molar-refractivity contribution in [2.45, 2.75) is 32.6 Å². The van der Waals surface area contributed by atoms with Gasteiger partial charge in [0.2, 0.25) is 0 Å². The molecule has 0 amide bonds. The lowest BCUT2D eigenvalue weighted by Crippen LogP contribution is -2.31. The number of nitrogens with zero attached hydrogens (tertiary/aromatic N) is 1. The van der Waals surface area contributed by atoms with E-state index in [2.05, 4.69) is 10.3 Å². The lowest BCUT2D eigenvalue weighted by Gasteiger charge is -2.14. The zero-order chi connectivity index (χ0) is 11.8. The number of ether oxygens (including phenoxy) is 1. The summed E-state index contributed by atoms with van der Waals surface area (Å²) in [5.41, 5.74) is 1.16. The van der Waals surface area contributed by atoms with Crippen LogP contribution < -0.4 is 5.32 Å². The number of hydrogen-bond donors (Lipinski definition) is 2. The van der Waals surface area contributed by atoms with Crippen LogP contribution in [0.15, 0.2) is 24.5 Å². The molecule has 90 valence electrons. The normalized spacial score (nSPS) is 13.0. The number of aromatic nitrogens is 1. The van der Waals surface area contributed by atoms with Crippen LogP contribution in [0, 0.1) is 0 Å². The first kappa shape index (κ1) is 13.1. The zero-order valence-corrected chi connectivity index (χ0v) is 9.89. The zero-order valence-electron chi connectivity index (χ0n) is 9.89. The van der Waals surface area contributed by atoms with Gasteiger partial charge < -0.3 is 15.2 Å². The third-order valence-corrected chi connectivity index (χ3v) is 2.08. The average Bonchev–Trinajstić information content (AvgIpc) is 2.28. The monoisotopic (exact) mass is 224 g/mol. The minimum atomic E-state index is -0.454. The second-order valence-corrected chi connectivity index (χ2v) is 4.02. The maximum atomic E-state index is 9.58. The van der Waals surface area contributed by atoms with Crippen molar-refractivity contribution < 1.29 is 9.84 Å². The summed E-state index contributed by atoms with van der Waals surface area (Å²) in [5.74, 6) is 0. The van der Waals surface area contributed by atoms with Crippen LogP contribution in [-0.2, 0) is 11.3 Å². The van der Waals surface area contributed by atoms with Crippen molar-refractivity contribution in [2.75, 3.05) is 13.2 Å². The van der Waals surface area contributed by atoms with Crippen LogP contribution in [0.2, 0.25) is 0 Å².